The van der Waals surface area contributed by atoms with E-state index >= 15 is 0 Å². The van der Waals surface area contributed by atoms with E-state index in [9.17, 15) is 9.59 Å². The minimum absolute atomic E-state index is 0.0792. The third kappa shape index (κ3) is 3.47. The molecular formula is C20H21N5O5. The van der Waals surface area contributed by atoms with Crippen LogP contribution in [0.15, 0.2) is 36.5 Å². The highest BCUT2D eigenvalue weighted by atomic mass is 16.5. The molecule has 4 rings (SSSR count). The lowest BCUT2D eigenvalue weighted by Gasteiger charge is -2.20. The van der Waals surface area contributed by atoms with E-state index in [1.54, 1.807) is 28.9 Å². The van der Waals surface area contributed by atoms with Gasteiger partial charge in [-0.2, -0.15) is 4.98 Å². The van der Waals surface area contributed by atoms with Gasteiger partial charge in [-0.3, -0.25) is 14.9 Å². The van der Waals surface area contributed by atoms with Gasteiger partial charge < -0.3 is 19.1 Å². The van der Waals surface area contributed by atoms with E-state index in [0.717, 1.165) is 0 Å². The van der Waals surface area contributed by atoms with Crippen LogP contribution in [0, 0.1) is 5.92 Å². The summed E-state index contributed by atoms with van der Waals surface area (Å²) in [6, 6.07) is 8.80. The van der Waals surface area contributed by atoms with Crippen molar-refractivity contribution in [1.82, 2.24) is 14.6 Å². The maximum Gasteiger partial charge on any atom is 0.249 e. The second kappa shape index (κ2) is 7.90. The zero-order valence-electron chi connectivity index (χ0n) is 16.8. The fourth-order valence-electron chi connectivity index (χ4n) is 3.45. The van der Waals surface area contributed by atoms with Crippen LogP contribution in [0.5, 0.6) is 17.2 Å². The summed E-state index contributed by atoms with van der Waals surface area (Å²) < 4.78 is 17.6. The van der Waals surface area contributed by atoms with Gasteiger partial charge in [0.2, 0.25) is 23.5 Å². The van der Waals surface area contributed by atoms with Crippen molar-refractivity contribution in [3.05, 3.63) is 36.5 Å². The van der Waals surface area contributed by atoms with Crippen LogP contribution < -0.4 is 24.4 Å². The van der Waals surface area contributed by atoms with Crippen LogP contribution in [0.4, 0.5) is 11.6 Å². The van der Waals surface area contributed by atoms with Crippen molar-refractivity contribution in [3.8, 4) is 17.2 Å². The first-order valence-corrected chi connectivity index (χ1v) is 9.26. The predicted molar refractivity (Wildman–Crippen MR) is 108 cm³/mol. The van der Waals surface area contributed by atoms with Crippen molar-refractivity contribution < 1.29 is 23.8 Å². The van der Waals surface area contributed by atoms with E-state index in [2.05, 4.69) is 15.4 Å². The van der Waals surface area contributed by atoms with E-state index in [4.69, 9.17) is 14.2 Å². The molecule has 1 aromatic carbocycles. The SMILES string of the molecule is COc1cc(N2CC(C(=O)Nc3nc4ccccn4n3)CC2=O)cc(OC)c1OC. The van der Waals surface area contributed by atoms with Crippen molar-refractivity contribution in [2.45, 2.75) is 6.42 Å². The van der Waals surface area contributed by atoms with Gasteiger partial charge in [-0.1, -0.05) is 6.07 Å². The molecule has 156 valence electrons. The Morgan fingerprint density at radius 1 is 1.13 bits per heavy atom. The monoisotopic (exact) mass is 411 g/mol. The molecule has 0 bridgehead atoms. The average molecular weight is 411 g/mol. The lowest BCUT2D eigenvalue weighted by molar-refractivity contribution is -0.122. The summed E-state index contributed by atoms with van der Waals surface area (Å²) in [6.45, 7) is 0.219. The average Bonchev–Trinajstić information content (AvgIpc) is 3.35. The number of aromatic nitrogens is 3. The van der Waals surface area contributed by atoms with Crippen LogP contribution in [-0.4, -0.2) is 54.3 Å². The van der Waals surface area contributed by atoms with E-state index < -0.39 is 5.92 Å². The van der Waals surface area contributed by atoms with Gasteiger partial charge in [0, 0.05) is 31.3 Å². The van der Waals surface area contributed by atoms with Crippen LogP contribution in [-0.2, 0) is 9.59 Å². The fraction of sp³-hybridized carbons (Fsp3) is 0.300. The summed E-state index contributed by atoms with van der Waals surface area (Å²) >= 11 is 0. The van der Waals surface area contributed by atoms with Crippen molar-refractivity contribution in [2.24, 2.45) is 5.92 Å². The molecule has 1 saturated heterocycles. The van der Waals surface area contributed by atoms with E-state index in [-0.39, 0.29) is 30.7 Å². The third-order valence-electron chi connectivity index (χ3n) is 4.93. The van der Waals surface area contributed by atoms with Crippen LogP contribution in [0.1, 0.15) is 6.42 Å². The minimum atomic E-state index is -0.539. The molecule has 10 heteroatoms. The number of nitrogens with one attached hydrogen (secondary N) is 1. The number of hydrogen-bond acceptors (Lipinski definition) is 7. The minimum Gasteiger partial charge on any atom is -0.493 e. The number of nitrogens with zero attached hydrogens (tertiary/aromatic N) is 4. The molecule has 10 nitrogen and oxygen atoms in total. The lowest BCUT2D eigenvalue weighted by Crippen LogP contribution is -2.28. The predicted octanol–water partition coefficient (Wildman–Crippen LogP) is 1.75. The molecule has 0 aliphatic carbocycles. The van der Waals surface area contributed by atoms with Crippen molar-refractivity contribution >= 4 is 29.1 Å². The topological polar surface area (TPSA) is 107 Å². The van der Waals surface area contributed by atoms with Gasteiger partial charge in [0.15, 0.2) is 17.1 Å². The normalized spacial score (nSPS) is 16.0. The van der Waals surface area contributed by atoms with Crippen molar-refractivity contribution in [3.63, 3.8) is 0 Å². The Morgan fingerprint density at radius 2 is 1.87 bits per heavy atom. The van der Waals surface area contributed by atoms with Crippen LogP contribution in [0.2, 0.25) is 0 Å². The second-order valence-corrected chi connectivity index (χ2v) is 6.72. The number of methoxy groups -OCH3 is 3. The van der Waals surface area contributed by atoms with Gasteiger partial charge in [0.25, 0.3) is 0 Å². The number of carbonyl (C=O) groups excluding carboxylic acids is 2. The highest BCUT2D eigenvalue weighted by Gasteiger charge is 2.36. The molecule has 0 saturated carbocycles. The van der Waals surface area contributed by atoms with E-state index in [1.807, 2.05) is 12.1 Å². The fourth-order valence-corrected chi connectivity index (χ4v) is 3.45. The van der Waals surface area contributed by atoms with Gasteiger partial charge in [-0.15, -0.1) is 5.10 Å². The standard InChI is InChI=1S/C20H21N5O5/c1-28-14-9-13(10-15(29-2)18(14)30-3)24-11-12(8-17(24)26)19(27)22-20-21-16-6-4-5-7-25(16)23-20/h4-7,9-10,12H,8,11H2,1-3H3,(H,22,23,27). The number of ether oxygens (including phenoxy) is 3. The quantitative estimate of drug-likeness (QED) is 0.658. The summed E-state index contributed by atoms with van der Waals surface area (Å²) in [7, 11) is 4.52. The third-order valence-corrected chi connectivity index (χ3v) is 4.93. The molecule has 1 atom stereocenters. The molecule has 1 fully saturated rings. The Kier molecular flexibility index (Phi) is 5.13. The second-order valence-electron chi connectivity index (χ2n) is 6.72. The lowest BCUT2D eigenvalue weighted by atomic mass is 10.1. The van der Waals surface area contributed by atoms with E-state index in [1.165, 1.54) is 26.2 Å². The highest BCUT2D eigenvalue weighted by molar-refractivity contribution is 6.03. The number of pyridine rings is 1. The summed E-state index contributed by atoms with van der Waals surface area (Å²) in [6.07, 6.45) is 1.82. The van der Waals surface area contributed by atoms with Gasteiger partial charge in [0.05, 0.1) is 32.9 Å². The molecule has 1 N–H and O–H groups in total. The van der Waals surface area contributed by atoms with Gasteiger partial charge in [-0.25, -0.2) is 4.52 Å². The Hall–Kier alpha value is -3.82. The van der Waals surface area contributed by atoms with Crippen molar-refractivity contribution in [1.29, 1.82) is 0 Å². The first-order chi connectivity index (χ1) is 14.5. The molecule has 1 unspecified atom stereocenters. The molecule has 3 aromatic rings. The first kappa shape index (κ1) is 19.5. The number of anilines is 2. The largest absolute Gasteiger partial charge is 0.493 e. The molecule has 3 heterocycles. The Labute approximate surface area is 172 Å². The maximum absolute atomic E-state index is 12.7. The summed E-state index contributed by atoms with van der Waals surface area (Å²) in [5, 5.41) is 6.91. The highest BCUT2D eigenvalue weighted by Crippen LogP contribution is 2.42. The van der Waals surface area contributed by atoms with Gasteiger partial charge >= 0.3 is 0 Å². The maximum atomic E-state index is 12.7. The van der Waals surface area contributed by atoms with Gasteiger partial charge in [-0.05, 0) is 12.1 Å². The summed E-state index contributed by atoms with van der Waals surface area (Å²) in [4.78, 5) is 31.1. The number of benzene rings is 1. The number of carbonyl (C=O) groups is 2. The Morgan fingerprint density at radius 3 is 2.50 bits per heavy atom. The zero-order valence-corrected chi connectivity index (χ0v) is 16.8. The molecule has 30 heavy (non-hydrogen) atoms. The number of amides is 2. The number of hydrogen-bond donors (Lipinski definition) is 1. The number of fused-ring (bicyclic) bond motifs is 1. The van der Waals surface area contributed by atoms with Gasteiger partial charge in [0.1, 0.15) is 0 Å². The molecule has 0 spiro atoms. The molecule has 2 aromatic heterocycles. The molecule has 1 aliphatic heterocycles. The van der Waals surface area contributed by atoms with Crippen molar-refractivity contribution in [2.75, 3.05) is 38.1 Å². The molecule has 2 amide bonds. The van der Waals surface area contributed by atoms with Crippen LogP contribution >= 0.6 is 0 Å². The molecule has 0 radical (unpaired) electrons. The Balaban J connectivity index is 1.53. The van der Waals surface area contributed by atoms with Crippen LogP contribution in [0.3, 0.4) is 0 Å². The smallest absolute Gasteiger partial charge is 0.249 e. The Bertz CT molecular complexity index is 1050. The van der Waals surface area contributed by atoms with E-state index in [0.29, 0.717) is 28.6 Å². The summed E-state index contributed by atoms with van der Waals surface area (Å²) in [5.74, 6) is 0.472. The molecular weight excluding hydrogens is 390 g/mol. The molecule has 1 aliphatic rings. The number of rotatable bonds is 6. The zero-order chi connectivity index (χ0) is 21.3. The van der Waals surface area contributed by atoms with Crippen LogP contribution in [0.25, 0.3) is 5.65 Å². The summed E-state index contributed by atoms with van der Waals surface area (Å²) in [5.41, 5.74) is 1.19. The first-order valence-electron chi connectivity index (χ1n) is 9.26.